The highest BCUT2D eigenvalue weighted by Crippen LogP contribution is 2.68. The fourth-order valence-electron chi connectivity index (χ4n) is 6.87. The normalized spacial score (nSPS) is 30.1. The van der Waals surface area contributed by atoms with Crippen LogP contribution < -0.4 is 4.90 Å². The Hall–Kier alpha value is -1.81. The lowest BCUT2D eigenvalue weighted by atomic mass is 9.70. The van der Waals surface area contributed by atoms with E-state index in [-0.39, 0.29) is 46.9 Å². The van der Waals surface area contributed by atoms with Gasteiger partial charge >= 0.3 is 0 Å². The Labute approximate surface area is 255 Å². The van der Waals surface area contributed by atoms with Crippen molar-refractivity contribution in [2.24, 2.45) is 17.8 Å². The third-order valence-corrected chi connectivity index (χ3v) is 12.4. The number of anilines is 1. The Morgan fingerprint density at radius 2 is 1.98 bits per heavy atom. The van der Waals surface area contributed by atoms with Gasteiger partial charge in [-0.05, 0) is 30.9 Å². The number of alkyl halides is 1. The van der Waals surface area contributed by atoms with Gasteiger partial charge in [-0.2, -0.15) is 0 Å². The lowest BCUT2D eigenvalue weighted by Crippen LogP contribution is -2.59. The number of aryl methyl sites for hydroxylation is 1. The summed E-state index contributed by atoms with van der Waals surface area (Å²) in [6, 6.07) is 4.02. The largest absolute Gasteiger partial charge is 0.394 e. The van der Waals surface area contributed by atoms with E-state index in [9.17, 15) is 19.5 Å². The zero-order valence-electron chi connectivity index (χ0n) is 23.6. The average Bonchev–Trinajstić information content (AvgIpc) is 3.51. The Kier molecular flexibility index (Phi) is 9.49. The molecule has 218 valence electrons. The van der Waals surface area contributed by atoms with E-state index in [4.69, 9.17) is 11.6 Å². The van der Waals surface area contributed by atoms with Crippen LogP contribution in [-0.2, 0) is 14.4 Å². The molecule has 0 radical (unpaired) electrons. The van der Waals surface area contributed by atoms with E-state index in [2.05, 4.69) is 29.1 Å². The van der Waals surface area contributed by atoms with Gasteiger partial charge in [-0.1, -0.05) is 72.1 Å². The van der Waals surface area contributed by atoms with Crippen molar-refractivity contribution in [2.75, 3.05) is 31.6 Å². The Morgan fingerprint density at radius 3 is 2.55 bits per heavy atom. The van der Waals surface area contributed by atoms with Crippen LogP contribution in [-0.4, -0.2) is 86.3 Å². The SMILES string of the molecule is C=CCN(C)C(=O)[C@H]1[C@H]2C(=O)N([C@@H](CO)[C@@H](C)CC)C(C(=O)N(CC=C)c3c(C)cccc3Cl)C23CC(Br)[C@@H]1S3. The molecule has 1 aromatic rings. The molecule has 0 saturated carbocycles. The van der Waals surface area contributed by atoms with Crippen molar-refractivity contribution >= 4 is 62.7 Å². The first-order valence-corrected chi connectivity index (χ1v) is 16.0. The van der Waals surface area contributed by atoms with Gasteiger partial charge in [0.1, 0.15) is 6.04 Å². The van der Waals surface area contributed by atoms with Crippen LogP contribution in [0.4, 0.5) is 5.69 Å². The van der Waals surface area contributed by atoms with Gasteiger partial charge in [0, 0.05) is 30.2 Å². The maximum absolute atomic E-state index is 14.9. The number of aliphatic hydroxyl groups excluding tert-OH is 1. The number of nitrogens with zero attached hydrogens (tertiary/aromatic N) is 3. The second-order valence-corrected chi connectivity index (χ2v) is 14.3. The van der Waals surface area contributed by atoms with Crippen LogP contribution >= 0.6 is 39.3 Å². The summed E-state index contributed by atoms with van der Waals surface area (Å²) < 4.78 is -0.836. The lowest BCUT2D eigenvalue weighted by Gasteiger charge is -2.41. The van der Waals surface area contributed by atoms with Crippen LogP contribution in [0.5, 0.6) is 0 Å². The number of likely N-dealkylation sites (tertiary alicyclic amines) is 1. The molecule has 8 atom stereocenters. The summed E-state index contributed by atoms with van der Waals surface area (Å²) in [6.45, 7) is 13.8. The molecule has 3 aliphatic heterocycles. The molecule has 3 fully saturated rings. The van der Waals surface area contributed by atoms with Crippen LogP contribution in [0.1, 0.15) is 32.3 Å². The molecule has 1 N–H and O–H groups in total. The van der Waals surface area contributed by atoms with Crippen molar-refractivity contribution in [1.29, 1.82) is 0 Å². The maximum Gasteiger partial charge on any atom is 0.251 e. The molecule has 4 rings (SSSR count). The highest BCUT2D eigenvalue weighted by Gasteiger charge is 2.76. The predicted molar refractivity (Wildman–Crippen MR) is 166 cm³/mol. The third kappa shape index (κ3) is 4.84. The number of amides is 3. The molecule has 3 heterocycles. The molecule has 10 heteroatoms. The van der Waals surface area contributed by atoms with E-state index in [0.717, 1.165) is 12.0 Å². The summed E-state index contributed by atoms with van der Waals surface area (Å²) >= 11 is 12.1. The number of carbonyl (C=O) groups excluding carboxylic acids is 3. The van der Waals surface area contributed by atoms with Gasteiger partial charge in [0.15, 0.2) is 0 Å². The quantitative estimate of drug-likeness (QED) is 0.277. The third-order valence-electron chi connectivity index (χ3n) is 8.91. The number of hydrogen-bond acceptors (Lipinski definition) is 5. The first kappa shape index (κ1) is 31.1. The highest BCUT2D eigenvalue weighted by atomic mass is 79.9. The zero-order valence-corrected chi connectivity index (χ0v) is 26.7. The smallest absolute Gasteiger partial charge is 0.251 e. The van der Waals surface area contributed by atoms with Gasteiger partial charge in [0.2, 0.25) is 11.8 Å². The number of benzene rings is 1. The molecule has 0 aromatic heterocycles. The molecule has 40 heavy (non-hydrogen) atoms. The minimum atomic E-state index is -0.885. The van der Waals surface area contributed by atoms with Crippen molar-refractivity contribution in [3.8, 4) is 0 Å². The summed E-state index contributed by atoms with van der Waals surface area (Å²) in [6.07, 6.45) is 4.59. The number of likely N-dealkylation sites (N-methyl/N-ethyl adjacent to an activating group) is 1. The molecule has 3 amide bonds. The number of carbonyl (C=O) groups is 3. The van der Waals surface area contributed by atoms with E-state index in [1.54, 1.807) is 51.7 Å². The van der Waals surface area contributed by atoms with E-state index in [1.165, 1.54) is 0 Å². The fourth-order valence-corrected chi connectivity index (χ4v) is 10.8. The van der Waals surface area contributed by atoms with Crippen LogP contribution in [0.3, 0.4) is 0 Å². The molecule has 0 aliphatic carbocycles. The Bertz CT molecular complexity index is 1180. The molecular formula is C30H39BrClN3O4S. The molecule has 7 nitrogen and oxygen atoms in total. The van der Waals surface area contributed by atoms with Gasteiger partial charge in [-0.15, -0.1) is 24.9 Å². The van der Waals surface area contributed by atoms with Gasteiger partial charge in [-0.3, -0.25) is 14.4 Å². The minimum absolute atomic E-state index is 0.0473. The number of hydrogen-bond donors (Lipinski definition) is 1. The second kappa shape index (κ2) is 12.2. The number of halogens is 2. The van der Waals surface area contributed by atoms with E-state index >= 15 is 0 Å². The van der Waals surface area contributed by atoms with Gasteiger partial charge < -0.3 is 19.8 Å². The van der Waals surface area contributed by atoms with Crippen LogP contribution in [0, 0.1) is 24.7 Å². The molecule has 3 saturated heterocycles. The number of fused-ring (bicyclic) bond motifs is 1. The van der Waals surface area contributed by atoms with E-state index in [1.807, 2.05) is 32.9 Å². The Morgan fingerprint density at radius 1 is 1.30 bits per heavy atom. The Balaban J connectivity index is 1.90. The number of thioether (sulfide) groups is 1. The van der Waals surface area contributed by atoms with Crippen LogP contribution in [0.2, 0.25) is 5.02 Å². The van der Waals surface area contributed by atoms with Crippen molar-refractivity contribution in [3.05, 3.63) is 54.1 Å². The summed E-state index contributed by atoms with van der Waals surface area (Å²) in [7, 11) is 1.72. The predicted octanol–water partition coefficient (Wildman–Crippen LogP) is 4.68. The lowest BCUT2D eigenvalue weighted by molar-refractivity contribution is -0.145. The fraction of sp³-hybridized carbons (Fsp3) is 0.567. The first-order valence-electron chi connectivity index (χ1n) is 13.8. The second-order valence-electron chi connectivity index (χ2n) is 11.2. The van der Waals surface area contributed by atoms with Crippen molar-refractivity contribution < 1.29 is 19.5 Å². The standard InChI is InChI=1S/C30H39BrClN3O4S/c1-7-13-33(6)27(37)22-23-28(38)35(21(16-36)17(4)9-3)26(30(23)15-19(31)25(22)40-30)29(39)34(14-8-2)24-18(5)11-10-12-20(24)32/h7-8,10-12,17,19,21-23,25-26,36H,1-2,9,13-16H2,3-6H3/t17-,19?,21-,22-,23-,25-,26?,30?/m0/s1. The van der Waals surface area contributed by atoms with E-state index in [0.29, 0.717) is 23.7 Å². The monoisotopic (exact) mass is 651 g/mol. The van der Waals surface area contributed by atoms with Crippen LogP contribution in [0.25, 0.3) is 0 Å². The molecule has 2 bridgehead atoms. The topological polar surface area (TPSA) is 81.2 Å². The van der Waals surface area contributed by atoms with Gasteiger partial charge in [0.25, 0.3) is 5.91 Å². The van der Waals surface area contributed by atoms with Crippen molar-refractivity contribution in [3.63, 3.8) is 0 Å². The number of aliphatic hydroxyl groups is 1. The minimum Gasteiger partial charge on any atom is -0.394 e. The summed E-state index contributed by atoms with van der Waals surface area (Å²) in [5.41, 5.74) is 1.41. The molecule has 3 unspecified atom stereocenters. The molecule has 1 aromatic carbocycles. The van der Waals surface area contributed by atoms with E-state index < -0.39 is 28.7 Å². The summed E-state index contributed by atoms with van der Waals surface area (Å²) in [5.74, 6) is -1.95. The highest BCUT2D eigenvalue weighted by molar-refractivity contribution is 9.09. The number of para-hydroxylation sites is 1. The molecule has 1 spiro atoms. The molecular weight excluding hydrogens is 614 g/mol. The summed E-state index contributed by atoms with van der Waals surface area (Å²) in [5, 5.41) is 10.9. The molecule has 3 aliphatic rings. The van der Waals surface area contributed by atoms with Crippen LogP contribution in [0.15, 0.2) is 43.5 Å². The average molecular weight is 653 g/mol. The summed E-state index contributed by atoms with van der Waals surface area (Å²) in [4.78, 5) is 48.0. The van der Waals surface area contributed by atoms with Gasteiger partial charge in [-0.25, -0.2) is 0 Å². The van der Waals surface area contributed by atoms with Crippen molar-refractivity contribution in [1.82, 2.24) is 9.80 Å². The van der Waals surface area contributed by atoms with Gasteiger partial charge in [0.05, 0.1) is 39.9 Å². The zero-order chi connectivity index (χ0) is 29.5. The first-order chi connectivity index (χ1) is 19.0. The maximum atomic E-state index is 14.9. The van der Waals surface area contributed by atoms with Crippen molar-refractivity contribution in [2.45, 2.75) is 60.5 Å². The number of rotatable bonds is 11.